The second-order valence-corrected chi connectivity index (χ2v) is 7.03. The molecule has 0 aliphatic heterocycles. The third-order valence-corrected chi connectivity index (χ3v) is 5.11. The second-order valence-electron chi connectivity index (χ2n) is 7.03. The van der Waals surface area contributed by atoms with Crippen LogP contribution in [0.3, 0.4) is 0 Å². The largest absolute Gasteiger partial charge is 0.365 e. The maximum Gasteiger partial charge on any atom is 0.252 e. The lowest BCUT2D eigenvalue weighted by Gasteiger charge is -2.30. The van der Waals surface area contributed by atoms with Crippen LogP contribution in [0.15, 0.2) is 30.7 Å². The molecular weight excluding hydrogens is 361 g/mol. The zero-order chi connectivity index (χ0) is 19.7. The van der Waals surface area contributed by atoms with Crippen LogP contribution >= 0.6 is 0 Å². The molecule has 28 heavy (non-hydrogen) atoms. The number of anilines is 3. The summed E-state index contributed by atoms with van der Waals surface area (Å²) in [5, 5.41) is 7.03. The molecule has 8 nitrogen and oxygen atoms in total. The highest BCUT2D eigenvalue weighted by Gasteiger charge is 2.24. The van der Waals surface area contributed by atoms with E-state index >= 15 is 0 Å². The average Bonchev–Trinajstić information content (AvgIpc) is 3.15. The van der Waals surface area contributed by atoms with Crippen molar-refractivity contribution in [2.24, 2.45) is 11.5 Å². The summed E-state index contributed by atoms with van der Waals surface area (Å²) in [6.45, 7) is 0. The minimum Gasteiger partial charge on any atom is -0.365 e. The molecule has 3 aromatic heterocycles. The maximum atomic E-state index is 14.6. The Balaban J connectivity index is 1.70. The fourth-order valence-corrected chi connectivity index (χ4v) is 3.59. The number of hydrogen-bond acceptors (Lipinski definition) is 6. The maximum absolute atomic E-state index is 14.6. The van der Waals surface area contributed by atoms with Crippen molar-refractivity contribution in [3.05, 3.63) is 42.1 Å². The third kappa shape index (κ3) is 3.48. The highest BCUT2D eigenvalue weighted by atomic mass is 19.1. The van der Waals surface area contributed by atoms with Gasteiger partial charge < -0.3 is 27.1 Å². The first kappa shape index (κ1) is 18.2. The molecule has 146 valence electrons. The molecule has 1 fully saturated rings. The molecule has 4 rings (SSSR count). The van der Waals surface area contributed by atoms with E-state index in [9.17, 15) is 9.18 Å². The van der Waals surface area contributed by atoms with Gasteiger partial charge in [0.1, 0.15) is 5.82 Å². The van der Waals surface area contributed by atoms with E-state index in [0.717, 1.165) is 42.7 Å². The lowest BCUT2D eigenvalue weighted by molar-refractivity contribution is 0.100. The lowest BCUT2D eigenvalue weighted by Crippen LogP contribution is -2.43. The number of aromatic nitrogens is 3. The van der Waals surface area contributed by atoms with E-state index < -0.39 is 11.7 Å². The SMILES string of the molecule is NC(=O)c1cc(F)c(N[C@@H]2CCCC[C@@H]2N)nc1Nc1cncc2[nH]ccc12. The predicted octanol–water partition coefficient (Wildman–Crippen LogP) is 2.62. The number of primary amides is 1. The number of aromatic amines is 1. The van der Waals surface area contributed by atoms with Crippen molar-refractivity contribution in [2.45, 2.75) is 37.8 Å². The summed E-state index contributed by atoms with van der Waals surface area (Å²) in [7, 11) is 0. The second kappa shape index (κ2) is 7.43. The van der Waals surface area contributed by atoms with Crippen LogP contribution in [0.2, 0.25) is 0 Å². The van der Waals surface area contributed by atoms with E-state index in [2.05, 4.69) is 25.6 Å². The predicted molar refractivity (Wildman–Crippen MR) is 106 cm³/mol. The molecule has 3 heterocycles. The van der Waals surface area contributed by atoms with Gasteiger partial charge in [-0.25, -0.2) is 9.37 Å². The van der Waals surface area contributed by atoms with Gasteiger partial charge in [0.05, 0.1) is 29.2 Å². The van der Waals surface area contributed by atoms with Crippen molar-refractivity contribution in [1.29, 1.82) is 0 Å². The Labute approximate surface area is 160 Å². The van der Waals surface area contributed by atoms with E-state index in [4.69, 9.17) is 11.5 Å². The number of nitrogens with one attached hydrogen (secondary N) is 3. The minimum absolute atomic E-state index is 0.0384. The van der Waals surface area contributed by atoms with Gasteiger partial charge in [-0.2, -0.15) is 0 Å². The highest BCUT2D eigenvalue weighted by Crippen LogP contribution is 2.29. The van der Waals surface area contributed by atoms with Gasteiger partial charge in [0.2, 0.25) is 0 Å². The van der Waals surface area contributed by atoms with E-state index in [-0.39, 0.29) is 29.3 Å². The van der Waals surface area contributed by atoms with E-state index in [1.807, 2.05) is 6.07 Å². The number of nitrogens with two attached hydrogens (primary N) is 2. The number of carbonyl (C=O) groups excluding carboxylic acids is 1. The van der Waals surface area contributed by atoms with Crippen molar-refractivity contribution in [2.75, 3.05) is 10.6 Å². The average molecular weight is 383 g/mol. The first-order chi connectivity index (χ1) is 13.5. The van der Waals surface area contributed by atoms with E-state index in [0.29, 0.717) is 5.69 Å². The van der Waals surface area contributed by atoms with Gasteiger partial charge in [0.25, 0.3) is 5.91 Å². The van der Waals surface area contributed by atoms with Crippen molar-refractivity contribution in [1.82, 2.24) is 15.0 Å². The molecule has 0 radical (unpaired) electrons. The van der Waals surface area contributed by atoms with Gasteiger partial charge >= 0.3 is 0 Å². The van der Waals surface area contributed by atoms with Crippen molar-refractivity contribution in [3.63, 3.8) is 0 Å². The fraction of sp³-hybridized carbons (Fsp3) is 0.316. The van der Waals surface area contributed by atoms with E-state index in [1.165, 1.54) is 0 Å². The van der Waals surface area contributed by atoms with Crippen LogP contribution in [-0.4, -0.2) is 32.9 Å². The van der Waals surface area contributed by atoms with Gasteiger partial charge in [0, 0.05) is 23.7 Å². The first-order valence-electron chi connectivity index (χ1n) is 9.23. The van der Waals surface area contributed by atoms with Gasteiger partial charge in [-0.05, 0) is 25.0 Å². The molecule has 0 saturated heterocycles. The molecule has 3 aromatic rings. The van der Waals surface area contributed by atoms with Gasteiger partial charge in [0.15, 0.2) is 11.6 Å². The number of rotatable bonds is 5. The molecule has 9 heteroatoms. The summed E-state index contributed by atoms with van der Waals surface area (Å²) >= 11 is 0. The topological polar surface area (TPSA) is 135 Å². The number of nitrogens with zero attached hydrogens (tertiary/aromatic N) is 2. The third-order valence-electron chi connectivity index (χ3n) is 5.11. The van der Waals surface area contributed by atoms with Crippen LogP contribution in [0, 0.1) is 5.82 Å². The molecule has 7 N–H and O–H groups in total. The van der Waals surface area contributed by atoms with Crippen LogP contribution < -0.4 is 22.1 Å². The van der Waals surface area contributed by atoms with Crippen molar-refractivity contribution < 1.29 is 9.18 Å². The Bertz CT molecular complexity index is 1020. The molecule has 2 atom stereocenters. The number of amides is 1. The smallest absolute Gasteiger partial charge is 0.252 e. The van der Waals surface area contributed by atoms with Crippen LogP contribution in [0.1, 0.15) is 36.0 Å². The molecule has 0 unspecified atom stereocenters. The molecule has 0 aromatic carbocycles. The number of pyridine rings is 2. The Hall–Kier alpha value is -3.20. The standard InChI is InChI=1S/C19H22FN7O/c20-12-7-11(17(22)28)18(26-16-9-23-8-15-10(16)5-6-24-15)27-19(12)25-14-4-2-1-3-13(14)21/h5-9,13-14,24H,1-4,21H2,(H2,22,28)(H2,25,26,27)/t13-,14+/m0/s1. The normalized spacial score (nSPS) is 19.5. The molecule has 1 aliphatic carbocycles. The van der Waals surface area contributed by atoms with Gasteiger partial charge in [-0.1, -0.05) is 12.8 Å². The number of halogens is 1. The summed E-state index contributed by atoms with van der Waals surface area (Å²) < 4.78 is 14.6. The van der Waals surface area contributed by atoms with E-state index in [1.54, 1.807) is 18.6 Å². The molecule has 1 amide bonds. The van der Waals surface area contributed by atoms with Crippen molar-refractivity contribution in [3.8, 4) is 0 Å². The zero-order valence-corrected chi connectivity index (χ0v) is 15.2. The number of H-pyrrole nitrogens is 1. The van der Waals surface area contributed by atoms with Crippen LogP contribution in [-0.2, 0) is 0 Å². The summed E-state index contributed by atoms with van der Waals surface area (Å²) in [5.41, 5.74) is 13.0. The fourth-order valence-electron chi connectivity index (χ4n) is 3.59. The molecule has 0 bridgehead atoms. The lowest BCUT2D eigenvalue weighted by atomic mass is 9.91. The molecule has 1 saturated carbocycles. The van der Waals surface area contributed by atoms with Crippen LogP contribution in [0.25, 0.3) is 10.9 Å². The zero-order valence-electron chi connectivity index (χ0n) is 15.2. The Morgan fingerprint density at radius 1 is 1.25 bits per heavy atom. The van der Waals surface area contributed by atoms with Crippen molar-refractivity contribution >= 4 is 34.1 Å². The monoisotopic (exact) mass is 383 g/mol. The number of carbonyl (C=O) groups is 1. The number of fused-ring (bicyclic) bond motifs is 1. The highest BCUT2D eigenvalue weighted by molar-refractivity contribution is 6.00. The summed E-state index contributed by atoms with van der Waals surface area (Å²) in [6, 6.07) is 2.82. The van der Waals surface area contributed by atoms with Crippen LogP contribution in [0.4, 0.5) is 21.7 Å². The summed E-state index contributed by atoms with van der Waals surface area (Å²) in [6.07, 6.45) is 8.89. The molecule has 1 aliphatic rings. The summed E-state index contributed by atoms with van der Waals surface area (Å²) in [5.74, 6) is -1.21. The molecule has 0 spiro atoms. The number of hydrogen-bond donors (Lipinski definition) is 5. The Morgan fingerprint density at radius 2 is 2.07 bits per heavy atom. The Morgan fingerprint density at radius 3 is 2.86 bits per heavy atom. The first-order valence-corrected chi connectivity index (χ1v) is 9.23. The van der Waals surface area contributed by atoms with Crippen LogP contribution in [0.5, 0.6) is 0 Å². The van der Waals surface area contributed by atoms with Gasteiger partial charge in [-0.3, -0.25) is 9.78 Å². The van der Waals surface area contributed by atoms with Gasteiger partial charge in [-0.15, -0.1) is 0 Å². The summed E-state index contributed by atoms with van der Waals surface area (Å²) in [4.78, 5) is 23.4. The quantitative estimate of drug-likeness (QED) is 0.460. The molecular formula is C19H22FN7O. The Kier molecular flexibility index (Phi) is 4.82. The minimum atomic E-state index is -0.774.